The molecule has 4 nitrogen and oxygen atoms in total. The first-order chi connectivity index (χ1) is 9.56. The zero-order valence-electron chi connectivity index (χ0n) is 11.1. The Labute approximate surface area is 116 Å². The molecule has 0 fully saturated rings. The molecule has 0 aliphatic rings. The predicted octanol–water partition coefficient (Wildman–Crippen LogP) is 3.49. The lowest BCUT2D eigenvalue weighted by Crippen LogP contribution is -2.19. The molecule has 1 atom stereocenters. The number of hydrogen-bond acceptors (Lipinski definition) is 2. The minimum Gasteiger partial charge on any atom is -0.378 e. The molecular weight excluding hydrogens is 257 g/mol. The van der Waals surface area contributed by atoms with Gasteiger partial charge in [-0.1, -0.05) is 24.3 Å². The molecule has 0 bridgehead atoms. The number of hydrogen-bond donors (Lipinski definition) is 3. The van der Waals surface area contributed by atoms with Gasteiger partial charge < -0.3 is 16.4 Å². The van der Waals surface area contributed by atoms with Gasteiger partial charge in [0.15, 0.2) is 0 Å². The summed E-state index contributed by atoms with van der Waals surface area (Å²) in [7, 11) is 0. The fourth-order valence-electron chi connectivity index (χ4n) is 1.98. The Bertz CT molecular complexity index is 616. The van der Waals surface area contributed by atoms with Crippen LogP contribution in [0.2, 0.25) is 0 Å². The number of rotatable bonds is 4. The molecule has 1 unspecified atom stereocenters. The van der Waals surface area contributed by atoms with E-state index in [1.807, 2.05) is 13.0 Å². The van der Waals surface area contributed by atoms with Crippen LogP contribution in [0, 0.1) is 5.82 Å². The highest BCUT2D eigenvalue weighted by molar-refractivity contribution is 5.88. The van der Waals surface area contributed by atoms with Crippen molar-refractivity contribution >= 4 is 17.4 Å². The molecular formula is C15H16FN3O. The van der Waals surface area contributed by atoms with E-state index >= 15 is 0 Å². The highest BCUT2D eigenvalue weighted by Gasteiger charge is 2.10. The number of carbonyl (C=O) groups is 1. The molecule has 5 heteroatoms. The molecule has 0 spiro atoms. The molecule has 2 amide bonds. The van der Waals surface area contributed by atoms with Crippen LogP contribution in [0.4, 0.5) is 20.6 Å². The fraction of sp³-hybridized carbons (Fsp3) is 0.133. The first-order valence-electron chi connectivity index (χ1n) is 6.24. The Kier molecular flexibility index (Phi) is 4.20. The number of nitrogens with two attached hydrogens (primary N) is 1. The van der Waals surface area contributed by atoms with E-state index in [9.17, 15) is 9.18 Å². The van der Waals surface area contributed by atoms with E-state index in [0.717, 1.165) is 5.69 Å². The van der Waals surface area contributed by atoms with Gasteiger partial charge >= 0.3 is 6.03 Å². The van der Waals surface area contributed by atoms with E-state index in [1.165, 1.54) is 6.07 Å². The largest absolute Gasteiger partial charge is 0.378 e. The van der Waals surface area contributed by atoms with Crippen LogP contribution in [0.15, 0.2) is 48.5 Å². The van der Waals surface area contributed by atoms with E-state index in [2.05, 4.69) is 10.6 Å². The normalized spacial score (nSPS) is 11.7. The lowest BCUT2D eigenvalue weighted by Gasteiger charge is -2.17. The second-order valence-corrected chi connectivity index (χ2v) is 4.46. The molecule has 0 aromatic heterocycles. The van der Waals surface area contributed by atoms with Gasteiger partial charge in [-0.3, -0.25) is 0 Å². The number of urea groups is 1. The van der Waals surface area contributed by atoms with E-state index < -0.39 is 6.03 Å². The van der Waals surface area contributed by atoms with Crippen LogP contribution >= 0.6 is 0 Å². The zero-order chi connectivity index (χ0) is 14.5. The molecule has 0 saturated carbocycles. The molecule has 104 valence electrons. The van der Waals surface area contributed by atoms with Crippen molar-refractivity contribution in [3.8, 4) is 0 Å². The van der Waals surface area contributed by atoms with Gasteiger partial charge in [-0.05, 0) is 31.2 Å². The molecule has 4 N–H and O–H groups in total. The Morgan fingerprint density at radius 1 is 1.15 bits per heavy atom. The van der Waals surface area contributed by atoms with Crippen LogP contribution in [-0.4, -0.2) is 6.03 Å². The van der Waals surface area contributed by atoms with Crippen LogP contribution in [-0.2, 0) is 0 Å². The maximum atomic E-state index is 13.7. The van der Waals surface area contributed by atoms with Crippen LogP contribution in [0.25, 0.3) is 0 Å². The van der Waals surface area contributed by atoms with Crippen molar-refractivity contribution in [1.82, 2.24) is 0 Å². The third-order valence-corrected chi connectivity index (χ3v) is 2.89. The average Bonchev–Trinajstić information content (AvgIpc) is 2.38. The first-order valence-corrected chi connectivity index (χ1v) is 6.24. The Morgan fingerprint density at radius 2 is 1.85 bits per heavy atom. The fourth-order valence-corrected chi connectivity index (χ4v) is 1.98. The summed E-state index contributed by atoms with van der Waals surface area (Å²) >= 11 is 0. The van der Waals surface area contributed by atoms with Gasteiger partial charge in [-0.2, -0.15) is 0 Å². The summed E-state index contributed by atoms with van der Waals surface area (Å²) in [5.41, 5.74) is 7.01. The second kappa shape index (κ2) is 6.06. The van der Waals surface area contributed by atoms with E-state index in [1.54, 1.807) is 36.4 Å². The highest BCUT2D eigenvalue weighted by atomic mass is 19.1. The zero-order valence-corrected chi connectivity index (χ0v) is 11.1. The van der Waals surface area contributed by atoms with Crippen molar-refractivity contribution in [1.29, 1.82) is 0 Å². The maximum Gasteiger partial charge on any atom is 0.316 e. The van der Waals surface area contributed by atoms with E-state index in [0.29, 0.717) is 11.3 Å². The van der Waals surface area contributed by atoms with Gasteiger partial charge in [0.2, 0.25) is 0 Å². The average molecular weight is 273 g/mol. The quantitative estimate of drug-likeness (QED) is 0.798. The number of halogens is 1. The van der Waals surface area contributed by atoms with Gasteiger partial charge in [-0.25, -0.2) is 9.18 Å². The predicted molar refractivity (Wildman–Crippen MR) is 78.1 cm³/mol. The highest BCUT2D eigenvalue weighted by Crippen LogP contribution is 2.23. The van der Waals surface area contributed by atoms with Crippen molar-refractivity contribution in [2.24, 2.45) is 5.73 Å². The van der Waals surface area contributed by atoms with Crippen LogP contribution in [0.5, 0.6) is 0 Å². The van der Waals surface area contributed by atoms with Gasteiger partial charge in [0, 0.05) is 16.9 Å². The molecule has 0 heterocycles. The lowest BCUT2D eigenvalue weighted by molar-refractivity contribution is 0.259. The molecule has 0 saturated heterocycles. The molecule has 2 aromatic rings. The van der Waals surface area contributed by atoms with Crippen molar-refractivity contribution in [3.05, 3.63) is 59.9 Å². The Morgan fingerprint density at radius 3 is 2.55 bits per heavy atom. The second-order valence-electron chi connectivity index (χ2n) is 4.46. The number of primary amides is 1. The van der Waals surface area contributed by atoms with Crippen molar-refractivity contribution < 1.29 is 9.18 Å². The Hall–Kier alpha value is -2.56. The standard InChI is InChI=1S/C15H16FN3O/c1-10(13-7-2-3-8-14(13)16)18-11-5-4-6-12(9-11)19-15(17)20/h2-10,18H,1H3,(H3,17,19,20). The van der Waals surface area contributed by atoms with Gasteiger partial charge in [-0.15, -0.1) is 0 Å². The summed E-state index contributed by atoms with van der Waals surface area (Å²) in [6.45, 7) is 1.87. The van der Waals surface area contributed by atoms with Crippen LogP contribution < -0.4 is 16.4 Å². The number of carbonyl (C=O) groups excluding carboxylic acids is 1. The van der Waals surface area contributed by atoms with Gasteiger partial charge in [0.1, 0.15) is 5.82 Å². The van der Waals surface area contributed by atoms with E-state index in [4.69, 9.17) is 5.73 Å². The molecule has 2 rings (SSSR count). The maximum absolute atomic E-state index is 13.7. The van der Waals surface area contributed by atoms with E-state index in [-0.39, 0.29) is 11.9 Å². The monoisotopic (exact) mass is 273 g/mol. The summed E-state index contributed by atoms with van der Waals surface area (Å²) in [5.74, 6) is -0.251. The number of anilines is 2. The van der Waals surface area contributed by atoms with Crippen molar-refractivity contribution in [2.75, 3.05) is 10.6 Å². The van der Waals surface area contributed by atoms with Crippen LogP contribution in [0.3, 0.4) is 0 Å². The molecule has 2 aromatic carbocycles. The smallest absolute Gasteiger partial charge is 0.316 e. The molecule has 20 heavy (non-hydrogen) atoms. The Balaban J connectivity index is 2.13. The summed E-state index contributed by atoms with van der Waals surface area (Å²) < 4.78 is 13.7. The first kappa shape index (κ1) is 13.9. The third kappa shape index (κ3) is 3.47. The third-order valence-electron chi connectivity index (χ3n) is 2.89. The minimum atomic E-state index is -0.621. The lowest BCUT2D eigenvalue weighted by atomic mass is 10.1. The number of benzene rings is 2. The summed E-state index contributed by atoms with van der Waals surface area (Å²) in [5, 5.41) is 5.67. The SMILES string of the molecule is CC(Nc1cccc(NC(N)=O)c1)c1ccccc1F. The minimum absolute atomic E-state index is 0.194. The molecule has 0 aliphatic carbocycles. The van der Waals surface area contributed by atoms with Gasteiger partial charge in [0.25, 0.3) is 0 Å². The number of nitrogens with one attached hydrogen (secondary N) is 2. The van der Waals surface area contributed by atoms with Crippen LogP contribution in [0.1, 0.15) is 18.5 Å². The van der Waals surface area contributed by atoms with Crippen molar-refractivity contribution in [2.45, 2.75) is 13.0 Å². The summed E-state index contributed by atoms with van der Waals surface area (Å²) in [4.78, 5) is 10.8. The topological polar surface area (TPSA) is 67.2 Å². The molecule has 0 radical (unpaired) electrons. The number of amides is 2. The summed E-state index contributed by atoms with van der Waals surface area (Å²) in [6.07, 6.45) is 0. The molecule has 0 aliphatic heterocycles. The van der Waals surface area contributed by atoms with Gasteiger partial charge in [0.05, 0.1) is 6.04 Å². The van der Waals surface area contributed by atoms with Crippen molar-refractivity contribution in [3.63, 3.8) is 0 Å². The summed E-state index contributed by atoms with van der Waals surface area (Å²) in [6, 6.07) is 12.9.